The first-order valence-electron chi connectivity index (χ1n) is 5.34. The third-order valence-corrected chi connectivity index (χ3v) is 4.04. The number of alkyl halides is 1. The van der Waals surface area contributed by atoms with Gasteiger partial charge in [0, 0.05) is 11.8 Å². The second-order valence-corrected chi connectivity index (χ2v) is 5.48. The predicted octanol–water partition coefficient (Wildman–Crippen LogP) is 1.54. The van der Waals surface area contributed by atoms with Gasteiger partial charge in [-0.05, 0) is 6.92 Å². The second kappa shape index (κ2) is 4.39. The third kappa shape index (κ3) is 1.82. The van der Waals surface area contributed by atoms with Crippen LogP contribution in [-0.4, -0.2) is 34.6 Å². The Morgan fingerprint density at radius 2 is 1.89 bits per heavy atom. The Hall–Kier alpha value is -1.36. The molecular formula is C12H15ClO5. The molecule has 6 heteroatoms. The average Bonchev–Trinajstić information content (AvgIpc) is 2.23. The lowest BCUT2D eigenvalue weighted by Crippen LogP contribution is -2.54. The molecule has 0 fully saturated rings. The smallest absolute Gasteiger partial charge is 0.335 e. The number of esters is 1. The highest BCUT2D eigenvalue weighted by Crippen LogP contribution is 2.49. The summed E-state index contributed by atoms with van der Waals surface area (Å²) in [5.41, 5.74) is -1.48. The van der Waals surface area contributed by atoms with Gasteiger partial charge in [0.25, 0.3) is 0 Å². The standard InChI is InChI=1S/C12H15ClO5/c1-6(14)8-7(15)5-11(2,3)12(13,9(8)16)10(17)18-4/h16H,5H2,1-4H3/t12-/m1/s1. The van der Waals surface area contributed by atoms with Crippen molar-refractivity contribution in [3.05, 3.63) is 11.3 Å². The van der Waals surface area contributed by atoms with Crippen molar-refractivity contribution in [2.45, 2.75) is 32.1 Å². The molecule has 5 nitrogen and oxygen atoms in total. The maximum absolute atomic E-state index is 11.8. The van der Waals surface area contributed by atoms with E-state index < -0.39 is 39.2 Å². The molecule has 0 spiro atoms. The Kier molecular flexibility index (Phi) is 3.58. The van der Waals surface area contributed by atoms with E-state index in [4.69, 9.17) is 11.6 Å². The molecule has 0 heterocycles. The molecule has 1 rings (SSSR count). The van der Waals surface area contributed by atoms with Crippen LogP contribution in [0.1, 0.15) is 27.2 Å². The number of Topliss-reactive ketones (excluding diaryl/α,β-unsaturated/α-hetero) is 2. The number of carbonyl (C=O) groups excluding carboxylic acids is 3. The Morgan fingerprint density at radius 1 is 1.39 bits per heavy atom. The summed E-state index contributed by atoms with van der Waals surface area (Å²) >= 11 is 6.19. The van der Waals surface area contributed by atoms with E-state index in [1.807, 2.05) is 0 Å². The van der Waals surface area contributed by atoms with Crippen LogP contribution in [0.5, 0.6) is 0 Å². The maximum Gasteiger partial charge on any atom is 0.335 e. The van der Waals surface area contributed by atoms with Crippen LogP contribution in [-0.2, 0) is 19.1 Å². The van der Waals surface area contributed by atoms with Gasteiger partial charge in [-0.15, -0.1) is 0 Å². The fourth-order valence-electron chi connectivity index (χ4n) is 2.11. The van der Waals surface area contributed by atoms with Gasteiger partial charge in [0.15, 0.2) is 11.6 Å². The number of halogens is 1. The van der Waals surface area contributed by atoms with Gasteiger partial charge < -0.3 is 9.84 Å². The zero-order valence-corrected chi connectivity index (χ0v) is 11.4. The van der Waals surface area contributed by atoms with Crippen LogP contribution in [0.25, 0.3) is 0 Å². The van der Waals surface area contributed by atoms with Crippen LogP contribution in [0.15, 0.2) is 11.3 Å². The zero-order valence-electron chi connectivity index (χ0n) is 10.7. The van der Waals surface area contributed by atoms with Crippen molar-refractivity contribution < 1.29 is 24.2 Å². The molecular weight excluding hydrogens is 260 g/mol. The topological polar surface area (TPSA) is 80.7 Å². The second-order valence-electron chi connectivity index (χ2n) is 4.91. The van der Waals surface area contributed by atoms with Crippen LogP contribution < -0.4 is 0 Å². The molecule has 100 valence electrons. The van der Waals surface area contributed by atoms with Crippen molar-refractivity contribution >= 4 is 29.1 Å². The first kappa shape index (κ1) is 14.7. The number of methoxy groups -OCH3 is 1. The molecule has 0 saturated heterocycles. The zero-order chi connectivity index (χ0) is 14.3. The van der Waals surface area contributed by atoms with Crippen molar-refractivity contribution in [1.29, 1.82) is 0 Å². The molecule has 0 bridgehead atoms. The molecule has 1 atom stereocenters. The fraction of sp³-hybridized carbons (Fsp3) is 0.583. The Balaban J connectivity index is 3.59. The van der Waals surface area contributed by atoms with E-state index in [0.29, 0.717) is 0 Å². The highest BCUT2D eigenvalue weighted by molar-refractivity contribution is 6.39. The number of ether oxygens (including phenoxy) is 1. The van der Waals surface area contributed by atoms with E-state index in [9.17, 15) is 19.5 Å². The van der Waals surface area contributed by atoms with Crippen LogP contribution in [0, 0.1) is 5.41 Å². The van der Waals surface area contributed by atoms with Crippen molar-refractivity contribution in [3.8, 4) is 0 Å². The minimum absolute atomic E-state index is 0.120. The first-order valence-corrected chi connectivity index (χ1v) is 5.72. The summed E-state index contributed by atoms with van der Waals surface area (Å²) in [5.74, 6) is -2.75. The lowest BCUT2D eigenvalue weighted by Gasteiger charge is -2.42. The normalized spacial score (nSPS) is 27.1. The molecule has 1 N–H and O–H groups in total. The average molecular weight is 275 g/mol. The van der Waals surface area contributed by atoms with Gasteiger partial charge in [-0.1, -0.05) is 25.4 Å². The van der Waals surface area contributed by atoms with Crippen LogP contribution in [0.2, 0.25) is 0 Å². The first-order chi connectivity index (χ1) is 8.09. The van der Waals surface area contributed by atoms with E-state index in [1.165, 1.54) is 0 Å². The lowest BCUT2D eigenvalue weighted by molar-refractivity contribution is -0.148. The Morgan fingerprint density at radius 3 is 2.28 bits per heavy atom. The van der Waals surface area contributed by atoms with E-state index in [1.54, 1.807) is 13.8 Å². The lowest BCUT2D eigenvalue weighted by atomic mass is 9.67. The third-order valence-electron chi connectivity index (χ3n) is 3.20. The van der Waals surface area contributed by atoms with E-state index in [2.05, 4.69) is 4.74 Å². The molecule has 0 amide bonds. The summed E-state index contributed by atoms with van der Waals surface area (Å²) in [5, 5.41) is 10.1. The fourth-order valence-corrected chi connectivity index (χ4v) is 2.35. The van der Waals surface area contributed by atoms with Crippen molar-refractivity contribution in [1.82, 2.24) is 0 Å². The number of ketones is 2. The van der Waals surface area contributed by atoms with Gasteiger partial charge in [-0.25, -0.2) is 4.79 Å². The van der Waals surface area contributed by atoms with Crippen molar-refractivity contribution in [3.63, 3.8) is 0 Å². The number of allylic oxidation sites excluding steroid dienone is 1. The Bertz CT molecular complexity index is 463. The summed E-state index contributed by atoms with van der Waals surface area (Å²) in [6.07, 6.45) is -0.120. The molecule has 0 aromatic heterocycles. The van der Waals surface area contributed by atoms with Crippen molar-refractivity contribution in [2.75, 3.05) is 7.11 Å². The molecule has 0 radical (unpaired) electrons. The number of rotatable bonds is 2. The molecule has 0 aromatic rings. The summed E-state index contributed by atoms with van der Waals surface area (Å²) in [6, 6.07) is 0. The highest BCUT2D eigenvalue weighted by atomic mass is 35.5. The predicted molar refractivity (Wildman–Crippen MR) is 64.3 cm³/mol. The quantitative estimate of drug-likeness (QED) is 0.469. The van der Waals surface area contributed by atoms with Crippen molar-refractivity contribution in [2.24, 2.45) is 5.41 Å². The summed E-state index contributed by atoms with van der Waals surface area (Å²) in [6.45, 7) is 4.25. The molecule has 0 aromatic carbocycles. The summed E-state index contributed by atoms with van der Waals surface area (Å²) in [7, 11) is 1.12. The molecule has 0 saturated carbocycles. The monoisotopic (exact) mass is 274 g/mol. The number of hydrogen-bond acceptors (Lipinski definition) is 5. The van der Waals surface area contributed by atoms with Crippen LogP contribution >= 0.6 is 11.6 Å². The summed E-state index contributed by atoms with van der Waals surface area (Å²) in [4.78, 5) is 33.1. The Labute approximate surface area is 110 Å². The number of aliphatic hydroxyl groups is 1. The SMILES string of the molecule is COC(=O)[C@]1(Cl)C(O)=C(C(C)=O)C(=O)CC1(C)C. The largest absolute Gasteiger partial charge is 0.509 e. The minimum Gasteiger partial charge on any atom is -0.509 e. The van der Waals surface area contributed by atoms with Crippen LogP contribution in [0.3, 0.4) is 0 Å². The van der Waals surface area contributed by atoms with E-state index in [-0.39, 0.29) is 6.42 Å². The molecule has 18 heavy (non-hydrogen) atoms. The van der Waals surface area contributed by atoms with Gasteiger partial charge in [-0.3, -0.25) is 9.59 Å². The van der Waals surface area contributed by atoms with Gasteiger partial charge in [0.05, 0.1) is 7.11 Å². The molecule has 0 aliphatic heterocycles. The number of hydrogen-bond donors (Lipinski definition) is 1. The molecule has 1 aliphatic carbocycles. The van der Waals surface area contributed by atoms with Gasteiger partial charge >= 0.3 is 5.97 Å². The van der Waals surface area contributed by atoms with E-state index in [0.717, 1.165) is 14.0 Å². The van der Waals surface area contributed by atoms with Gasteiger partial charge in [0.1, 0.15) is 11.3 Å². The number of carbonyl (C=O) groups is 3. The van der Waals surface area contributed by atoms with Gasteiger partial charge in [-0.2, -0.15) is 0 Å². The minimum atomic E-state index is -1.92. The molecule has 1 aliphatic rings. The van der Waals surface area contributed by atoms with Gasteiger partial charge in [0.2, 0.25) is 4.87 Å². The molecule has 0 unspecified atom stereocenters. The highest BCUT2D eigenvalue weighted by Gasteiger charge is 2.59. The van der Waals surface area contributed by atoms with Crippen LogP contribution in [0.4, 0.5) is 0 Å². The maximum atomic E-state index is 11.8. The summed E-state index contributed by atoms with van der Waals surface area (Å²) < 4.78 is 4.57. The van der Waals surface area contributed by atoms with E-state index >= 15 is 0 Å². The number of aliphatic hydroxyl groups excluding tert-OH is 1.